The largest absolute Gasteiger partial charge is 0.422 e. The fourth-order valence-electron chi connectivity index (χ4n) is 3.43. The number of anilines is 2. The molecule has 0 aliphatic rings. The number of amides is 2. The maximum absolute atomic E-state index is 14.4. The molecule has 1 heterocycles. The van der Waals surface area contributed by atoms with E-state index < -0.39 is 51.9 Å². The summed E-state index contributed by atoms with van der Waals surface area (Å²) in [5.74, 6) is -11.6. The van der Waals surface area contributed by atoms with Crippen LogP contribution >= 0.6 is 23.1 Å². The van der Waals surface area contributed by atoms with Gasteiger partial charge in [0.15, 0.2) is 23.3 Å². The second-order valence-electron chi connectivity index (χ2n) is 7.86. The Labute approximate surface area is 224 Å². The molecule has 0 aliphatic carbocycles. The summed E-state index contributed by atoms with van der Waals surface area (Å²) in [4.78, 5) is 26.3. The molecule has 0 saturated carbocycles. The molecule has 2 amide bonds. The number of carbonyl (C=O) groups excluding carboxylic acids is 2. The molecule has 4 nitrogen and oxygen atoms in total. The van der Waals surface area contributed by atoms with Gasteiger partial charge in [-0.15, -0.1) is 23.1 Å². The van der Waals surface area contributed by atoms with Crippen LogP contribution in [0.15, 0.2) is 77.0 Å². The summed E-state index contributed by atoms with van der Waals surface area (Å²) < 4.78 is 95.6. The first kappa shape index (κ1) is 28.2. The normalized spacial score (nSPS) is 12.2. The molecule has 0 radical (unpaired) electrons. The molecular weight excluding hydrogens is 569 g/mol. The van der Waals surface area contributed by atoms with E-state index in [9.17, 15) is 40.3 Å². The fraction of sp³-hybridized carbons (Fsp3) is 0.0769. The zero-order chi connectivity index (χ0) is 28.3. The molecule has 1 unspecified atom stereocenters. The lowest BCUT2D eigenvalue weighted by Gasteiger charge is -2.19. The number of halogens is 7. The standard InChI is InChI=1S/C26H15F7N2O2S2/c27-18-17(26(31,32)33)19(28)21(30)22(20(18)29)35-25(37)23(13-5-2-1-3-6-13)39-15-10-8-14(9-11-15)34-24(36)16-7-4-12-38-16/h1-12,23H,(H,34,36)(H,35,37). The van der Waals surface area contributed by atoms with Gasteiger partial charge in [0.25, 0.3) is 5.91 Å². The van der Waals surface area contributed by atoms with E-state index in [1.807, 2.05) is 0 Å². The van der Waals surface area contributed by atoms with Gasteiger partial charge in [0.1, 0.15) is 16.5 Å². The van der Waals surface area contributed by atoms with Crippen molar-refractivity contribution < 1.29 is 40.3 Å². The first-order valence-corrected chi connectivity index (χ1v) is 12.6. The highest BCUT2D eigenvalue weighted by Gasteiger charge is 2.42. The Balaban J connectivity index is 1.60. The van der Waals surface area contributed by atoms with Gasteiger partial charge >= 0.3 is 6.18 Å². The Morgan fingerprint density at radius 3 is 1.92 bits per heavy atom. The van der Waals surface area contributed by atoms with Crippen molar-refractivity contribution in [3.8, 4) is 0 Å². The van der Waals surface area contributed by atoms with Crippen LogP contribution in [0.1, 0.15) is 26.0 Å². The van der Waals surface area contributed by atoms with E-state index in [1.165, 1.54) is 23.5 Å². The first-order chi connectivity index (χ1) is 18.5. The van der Waals surface area contributed by atoms with Crippen molar-refractivity contribution in [1.82, 2.24) is 0 Å². The average Bonchev–Trinajstić information content (AvgIpc) is 3.45. The minimum atomic E-state index is -5.71. The Hall–Kier alpha value is -3.84. The molecule has 13 heteroatoms. The summed E-state index contributed by atoms with van der Waals surface area (Å²) in [7, 11) is 0. The van der Waals surface area contributed by atoms with Crippen LogP contribution in [0.5, 0.6) is 0 Å². The van der Waals surface area contributed by atoms with Gasteiger partial charge in [0.2, 0.25) is 5.91 Å². The van der Waals surface area contributed by atoms with Crippen molar-refractivity contribution >= 4 is 46.3 Å². The molecule has 1 atom stereocenters. The van der Waals surface area contributed by atoms with E-state index in [2.05, 4.69) is 5.32 Å². The van der Waals surface area contributed by atoms with E-state index in [0.29, 0.717) is 21.0 Å². The van der Waals surface area contributed by atoms with Gasteiger partial charge < -0.3 is 10.6 Å². The zero-order valence-electron chi connectivity index (χ0n) is 19.3. The molecule has 3 aromatic carbocycles. The maximum Gasteiger partial charge on any atom is 0.422 e. The lowest BCUT2D eigenvalue weighted by molar-refractivity contribution is -0.143. The van der Waals surface area contributed by atoms with Crippen LogP contribution in [0.3, 0.4) is 0 Å². The van der Waals surface area contributed by atoms with Crippen LogP contribution in [0.25, 0.3) is 0 Å². The number of thiophene rings is 1. The van der Waals surface area contributed by atoms with Gasteiger partial charge in [0, 0.05) is 10.6 Å². The lowest BCUT2D eigenvalue weighted by atomic mass is 10.1. The van der Waals surface area contributed by atoms with Gasteiger partial charge in [-0.05, 0) is 41.3 Å². The molecule has 0 saturated heterocycles. The third-order valence-corrected chi connectivity index (χ3v) is 7.38. The van der Waals surface area contributed by atoms with Crippen molar-refractivity contribution in [2.75, 3.05) is 10.6 Å². The van der Waals surface area contributed by atoms with E-state index in [-0.39, 0.29) is 5.91 Å². The topological polar surface area (TPSA) is 58.2 Å². The Bertz CT molecular complexity index is 1460. The summed E-state index contributed by atoms with van der Waals surface area (Å²) in [6.07, 6.45) is -5.71. The molecule has 4 aromatic rings. The molecule has 1 aromatic heterocycles. The molecule has 2 N–H and O–H groups in total. The van der Waals surface area contributed by atoms with Gasteiger partial charge in [-0.25, -0.2) is 17.6 Å². The monoisotopic (exact) mass is 584 g/mol. The number of benzene rings is 3. The fourth-order valence-corrected chi connectivity index (χ4v) is 5.08. The molecule has 0 spiro atoms. The number of alkyl halides is 3. The van der Waals surface area contributed by atoms with E-state index >= 15 is 0 Å². The van der Waals surface area contributed by atoms with Crippen molar-refractivity contribution in [2.45, 2.75) is 16.3 Å². The van der Waals surface area contributed by atoms with Crippen LogP contribution in [0.4, 0.5) is 42.1 Å². The van der Waals surface area contributed by atoms with Gasteiger partial charge in [0.05, 0.1) is 4.88 Å². The van der Waals surface area contributed by atoms with Gasteiger partial charge in [-0.3, -0.25) is 9.59 Å². The number of hydrogen-bond acceptors (Lipinski definition) is 4. The number of thioether (sulfide) groups is 1. The van der Waals surface area contributed by atoms with Crippen LogP contribution in [-0.2, 0) is 11.0 Å². The molecule has 0 aliphatic heterocycles. The summed E-state index contributed by atoms with van der Waals surface area (Å²) in [5.41, 5.74) is -3.66. The van der Waals surface area contributed by atoms with E-state index in [4.69, 9.17) is 0 Å². The highest BCUT2D eigenvalue weighted by molar-refractivity contribution is 8.00. The summed E-state index contributed by atoms with van der Waals surface area (Å²) >= 11 is 2.14. The van der Waals surface area contributed by atoms with E-state index in [1.54, 1.807) is 65.3 Å². The summed E-state index contributed by atoms with van der Waals surface area (Å²) in [6, 6.07) is 17.4. The smallest absolute Gasteiger partial charge is 0.321 e. The van der Waals surface area contributed by atoms with Crippen molar-refractivity contribution in [3.63, 3.8) is 0 Å². The van der Waals surface area contributed by atoms with Gasteiger partial charge in [-0.1, -0.05) is 36.4 Å². The quantitative estimate of drug-likeness (QED) is 0.131. The summed E-state index contributed by atoms with van der Waals surface area (Å²) in [6.45, 7) is 0. The van der Waals surface area contributed by atoms with Crippen molar-refractivity contribution in [1.29, 1.82) is 0 Å². The van der Waals surface area contributed by atoms with E-state index in [0.717, 1.165) is 11.8 Å². The van der Waals surface area contributed by atoms with Crippen LogP contribution < -0.4 is 10.6 Å². The minimum absolute atomic E-state index is 0.323. The number of nitrogens with one attached hydrogen (secondary N) is 2. The second kappa shape index (κ2) is 11.5. The summed E-state index contributed by atoms with van der Waals surface area (Å²) in [5, 5.41) is 4.90. The molecule has 0 fully saturated rings. The first-order valence-electron chi connectivity index (χ1n) is 10.9. The van der Waals surface area contributed by atoms with Crippen LogP contribution in [0.2, 0.25) is 0 Å². The van der Waals surface area contributed by atoms with Gasteiger partial charge in [-0.2, -0.15) is 13.2 Å². The maximum atomic E-state index is 14.4. The molecule has 39 heavy (non-hydrogen) atoms. The van der Waals surface area contributed by atoms with Crippen LogP contribution in [0, 0.1) is 23.3 Å². The number of rotatable bonds is 7. The highest BCUT2D eigenvalue weighted by Crippen LogP contribution is 2.40. The lowest BCUT2D eigenvalue weighted by Crippen LogP contribution is -2.23. The Kier molecular flexibility index (Phi) is 8.31. The third-order valence-electron chi connectivity index (χ3n) is 5.25. The Morgan fingerprint density at radius 2 is 1.38 bits per heavy atom. The molecule has 202 valence electrons. The molecular formula is C26H15F7N2O2S2. The Morgan fingerprint density at radius 1 is 0.769 bits per heavy atom. The molecule has 4 rings (SSSR count). The van der Waals surface area contributed by atoms with Crippen LogP contribution in [-0.4, -0.2) is 11.8 Å². The predicted octanol–water partition coefficient (Wildman–Crippen LogP) is 8.05. The zero-order valence-corrected chi connectivity index (χ0v) is 20.9. The number of carbonyl (C=O) groups is 2. The van der Waals surface area contributed by atoms with Crippen molar-refractivity contribution in [3.05, 3.63) is 111 Å². The van der Waals surface area contributed by atoms with Crippen molar-refractivity contribution in [2.24, 2.45) is 0 Å². The average molecular weight is 585 g/mol. The second-order valence-corrected chi connectivity index (χ2v) is 9.98. The third kappa shape index (κ3) is 6.25. The minimum Gasteiger partial charge on any atom is -0.321 e. The number of hydrogen-bond donors (Lipinski definition) is 2. The predicted molar refractivity (Wildman–Crippen MR) is 134 cm³/mol. The highest BCUT2D eigenvalue weighted by atomic mass is 32.2. The molecule has 0 bridgehead atoms. The SMILES string of the molecule is O=C(Nc1ccc(SC(C(=O)Nc2c(F)c(F)c(C(F)(F)F)c(F)c2F)c2ccccc2)cc1)c1cccs1.